The standard InChI is InChI=1S/C18H13F3N2O2S/c19-18(20,21)12-2-1-3-13(10-12)22-17(25)23(15-8-9-26-11-15)14-4-6-16(24)7-5-14/h1-11,24H,(H,22,25). The number of hydrogen-bond donors (Lipinski definition) is 2. The Bertz CT molecular complexity index is 894. The van der Waals surface area contributed by atoms with Crippen LogP contribution in [0.3, 0.4) is 0 Å². The van der Waals surface area contributed by atoms with E-state index in [9.17, 15) is 23.1 Å². The monoisotopic (exact) mass is 378 g/mol. The molecule has 0 aliphatic rings. The Hall–Kier alpha value is -3.00. The Labute approximate surface area is 151 Å². The number of phenolic OH excluding ortho intramolecular Hbond substituents is 1. The second kappa shape index (κ2) is 7.09. The van der Waals surface area contributed by atoms with Gasteiger partial charge in [0.15, 0.2) is 0 Å². The second-order valence-corrected chi connectivity index (χ2v) is 6.12. The molecule has 0 atom stereocenters. The molecular weight excluding hydrogens is 365 g/mol. The number of amides is 2. The average molecular weight is 378 g/mol. The number of halogens is 3. The smallest absolute Gasteiger partial charge is 0.416 e. The molecule has 0 saturated heterocycles. The summed E-state index contributed by atoms with van der Waals surface area (Å²) in [6, 6.07) is 11.4. The SMILES string of the molecule is O=C(Nc1cccc(C(F)(F)F)c1)N(c1ccc(O)cc1)c1ccsc1. The number of phenols is 1. The molecule has 0 fully saturated rings. The fourth-order valence-electron chi connectivity index (χ4n) is 2.32. The van der Waals surface area contributed by atoms with Gasteiger partial charge in [0, 0.05) is 11.1 Å². The minimum atomic E-state index is -4.50. The molecule has 0 aliphatic heterocycles. The summed E-state index contributed by atoms with van der Waals surface area (Å²) in [7, 11) is 0. The van der Waals surface area contributed by atoms with Crippen molar-refractivity contribution in [2.24, 2.45) is 0 Å². The molecule has 3 rings (SSSR count). The molecule has 26 heavy (non-hydrogen) atoms. The summed E-state index contributed by atoms with van der Waals surface area (Å²) in [4.78, 5) is 14.0. The van der Waals surface area contributed by atoms with E-state index in [-0.39, 0.29) is 11.4 Å². The van der Waals surface area contributed by atoms with Gasteiger partial charge in [-0.1, -0.05) is 6.07 Å². The third-order valence-electron chi connectivity index (χ3n) is 3.52. The lowest BCUT2D eigenvalue weighted by atomic mass is 10.2. The number of hydrogen-bond acceptors (Lipinski definition) is 3. The van der Waals surface area contributed by atoms with Crippen molar-refractivity contribution >= 4 is 34.4 Å². The summed E-state index contributed by atoms with van der Waals surface area (Å²) >= 11 is 1.38. The van der Waals surface area contributed by atoms with E-state index in [0.29, 0.717) is 11.4 Å². The van der Waals surface area contributed by atoms with Gasteiger partial charge in [0.2, 0.25) is 0 Å². The number of carbonyl (C=O) groups excluding carboxylic acids is 1. The Balaban J connectivity index is 1.91. The zero-order chi connectivity index (χ0) is 18.7. The topological polar surface area (TPSA) is 52.6 Å². The van der Waals surface area contributed by atoms with E-state index >= 15 is 0 Å². The minimum Gasteiger partial charge on any atom is -0.508 e. The summed E-state index contributed by atoms with van der Waals surface area (Å²) < 4.78 is 38.5. The van der Waals surface area contributed by atoms with E-state index in [1.807, 2.05) is 0 Å². The van der Waals surface area contributed by atoms with E-state index in [4.69, 9.17) is 0 Å². The molecule has 1 heterocycles. The van der Waals surface area contributed by atoms with Crippen LogP contribution in [0.15, 0.2) is 65.4 Å². The second-order valence-electron chi connectivity index (χ2n) is 5.34. The van der Waals surface area contributed by atoms with E-state index in [0.717, 1.165) is 12.1 Å². The van der Waals surface area contributed by atoms with Gasteiger partial charge in [0.25, 0.3) is 0 Å². The number of thiophene rings is 1. The fraction of sp³-hybridized carbons (Fsp3) is 0.0556. The highest BCUT2D eigenvalue weighted by Crippen LogP contribution is 2.32. The van der Waals surface area contributed by atoms with Crippen LogP contribution in [0.4, 0.5) is 35.0 Å². The maximum Gasteiger partial charge on any atom is 0.416 e. The van der Waals surface area contributed by atoms with Crippen LogP contribution in [-0.4, -0.2) is 11.1 Å². The maximum absolute atomic E-state index is 12.8. The molecule has 3 aromatic rings. The van der Waals surface area contributed by atoms with Crippen LogP contribution >= 0.6 is 11.3 Å². The maximum atomic E-state index is 12.8. The number of anilines is 3. The van der Waals surface area contributed by atoms with Gasteiger partial charge in [-0.05, 0) is 53.9 Å². The first-order valence-corrected chi connectivity index (χ1v) is 8.38. The number of rotatable bonds is 3. The first-order valence-electron chi connectivity index (χ1n) is 7.44. The van der Waals surface area contributed by atoms with Gasteiger partial charge in [-0.15, -0.1) is 0 Å². The predicted octanol–water partition coefficient (Wildman–Crippen LogP) is 5.84. The van der Waals surface area contributed by atoms with Crippen molar-refractivity contribution in [1.82, 2.24) is 0 Å². The minimum absolute atomic E-state index is 0.0313. The van der Waals surface area contributed by atoms with E-state index in [2.05, 4.69) is 5.32 Å². The summed E-state index contributed by atoms with van der Waals surface area (Å²) in [5, 5.41) is 15.4. The quantitative estimate of drug-likeness (QED) is 0.601. The Morgan fingerprint density at radius 2 is 1.77 bits per heavy atom. The first kappa shape index (κ1) is 17.8. The van der Waals surface area contributed by atoms with Gasteiger partial charge in [-0.3, -0.25) is 4.90 Å². The highest BCUT2D eigenvalue weighted by Gasteiger charge is 2.30. The number of carbonyl (C=O) groups is 1. The number of nitrogens with zero attached hydrogens (tertiary/aromatic N) is 1. The lowest BCUT2D eigenvalue weighted by Crippen LogP contribution is -2.30. The lowest BCUT2D eigenvalue weighted by molar-refractivity contribution is -0.137. The summed E-state index contributed by atoms with van der Waals surface area (Å²) in [5.41, 5.74) is 0.210. The molecule has 8 heteroatoms. The van der Waals surface area contributed by atoms with Crippen molar-refractivity contribution < 1.29 is 23.1 Å². The number of alkyl halides is 3. The van der Waals surface area contributed by atoms with Crippen LogP contribution in [0.1, 0.15) is 5.56 Å². The summed E-state index contributed by atoms with van der Waals surface area (Å²) in [6.45, 7) is 0. The highest BCUT2D eigenvalue weighted by atomic mass is 32.1. The number of urea groups is 1. The van der Waals surface area contributed by atoms with Crippen LogP contribution in [0.2, 0.25) is 0 Å². The van der Waals surface area contributed by atoms with Crippen LogP contribution in [0.5, 0.6) is 5.75 Å². The van der Waals surface area contributed by atoms with Gasteiger partial charge in [0.1, 0.15) is 5.75 Å². The molecule has 0 spiro atoms. The highest BCUT2D eigenvalue weighted by molar-refractivity contribution is 7.08. The van der Waals surface area contributed by atoms with Crippen molar-refractivity contribution in [3.63, 3.8) is 0 Å². The molecule has 2 aromatic carbocycles. The zero-order valence-electron chi connectivity index (χ0n) is 13.2. The molecule has 0 radical (unpaired) electrons. The van der Waals surface area contributed by atoms with Crippen LogP contribution < -0.4 is 10.2 Å². The normalized spacial score (nSPS) is 11.2. The van der Waals surface area contributed by atoms with Crippen molar-refractivity contribution in [2.45, 2.75) is 6.18 Å². The zero-order valence-corrected chi connectivity index (χ0v) is 14.0. The average Bonchev–Trinajstić information content (AvgIpc) is 3.10. The summed E-state index contributed by atoms with van der Waals surface area (Å²) in [6.07, 6.45) is -4.50. The fourth-order valence-corrected chi connectivity index (χ4v) is 2.94. The molecule has 0 bridgehead atoms. The van der Waals surface area contributed by atoms with Crippen LogP contribution in [0.25, 0.3) is 0 Å². The molecular formula is C18H13F3N2O2S. The van der Waals surface area contributed by atoms with Gasteiger partial charge in [0.05, 0.1) is 16.9 Å². The number of nitrogens with one attached hydrogen (secondary N) is 1. The van der Waals surface area contributed by atoms with E-state index < -0.39 is 17.8 Å². The Morgan fingerprint density at radius 1 is 1.04 bits per heavy atom. The molecule has 4 nitrogen and oxygen atoms in total. The molecule has 0 saturated carbocycles. The van der Waals surface area contributed by atoms with E-state index in [1.165, 1.54) is 40.5 Å². The Kier molecular flexibility index (Phi) is 4.85. The van der Waals surface area contributed by atoms with Gasteiger partial charge < -0.3 is 10.4 Å². The van der Waals surface area contributed by atoms with E-state index in [1.54, 1.807) is 29.0 Å². The molecule has 134 valence electrons. The van der Waals surface area contributed by atoms with Gasteiger partial charge >= 0.3 is 12.2 Å². The molecule has 2 N–H and O–H groups in total. The van der Waals surface area contributed by atoms with Crippen molar-refractivity contribution in [3.05, 3.63) is 70.9 Å². The lowest BCUT2D eigenvalue weighted by Gasteiger charge is -2.22. The van der Waals surface area contributed by atoms with Crippen molar-refractivity contribution in [2.75, 3.05) is 10.2 Å². The van der Waals surface area contributed by atoms with Gasteiger partial charge in [-0.25, -0.2) is 4.79 Å². The molecule has 0 unspecified atom stereocenters. The van der Waals surface area contributed by atoms with Crippen LogP contribution in [-0.2, 0) is 6.18 Å². The molecule has 1 aromatic heterocycles. The predicted molar refractivity (Wildman–Crippen MR) is 95.0 cm³/mol. The number of aromatic hydroxyl groups is 1. The first-order chi connectivity index (χ1) is 12.3. The van der Waals surface area contributed by atoms with Crippen molar-refractivity contribution in [1.29, 1.82) is 0 Å². The molecule has 0 aliphatic carbocycles. The third-order valence-corrected chi connectivity index (χ3v) is 4.19. The molecule has 2 amide bonds. The van der Waals surface area contributed by atoms with Crippen LogP contribution in [0, 0.1) is 0 Å². The van der Waals surface area contributed by atoms with Gasteiger partial charge in [-0.2, -0.15) is 24.5 Å². The Morgan fingerprint density at radius 3 is 2.38 bits per heavy atom. The largest absolute Gasteiger partial charge is 0.508 e. The number of benzene rings is 2. The van der Waals surface area contributed by atoms with Crippen molar-refractivity contribution in [3.8, 4) is 5.75 Å². The third kappa shape index (κ3) is 3.97. The summed E-state index contributed by atoms with van der Waals surface area (Å²) in [5.74, 6) is 0.0392.